The number of nitrogens with one attached hydrogen (secondary N) is 1. The van der Waals surface area contributed by atoms with Gasteiger partial charge in [-0.2, -0.15) is 0 Å². The molecule has 2 aromatic carbocycles. The lowest BCUT2D eigenvalue weighted by atomic mass is 10.1. The van der Waals surface area contributed by atoms with E-state index in [4.69, 9.17) is 32.7 Å². The standard InChI is InChI=1S/C20H18Cl2N2O5/c1-28-15-5-3-14(4-6-15)23-18(25)11-29-20(27)12-8-19(26)24(10-12)17-9-13(21)2-7-16(17)22/h2-7,9,12H,8,10-11H2,1H3,(H,23,25)/t12-/m1/s1. The summed E-state index contributed by atoms with van der Waals surface area (Å²) in [6, 6.07) is 11.5. The van der Waals surface area contributed by atoms with Gasteiger partial charge in [-0.25, -0.2) is 0 Å². The van der Waals surface area contributed by atoms with Gasteiger partial charge in [-0.05, 0) is 42.5 Å². The van der Waals surface area contributed by atoms with Crippen LogP contribution in [0.1, 0.15) is 6.42 Å². The van der Waals surface area contributed by atoms with Gasteiger partial charge in [0.05, 0.1) is 23.7 Å². The van der Waals surface area contributed by atoms with Crippen LogP contribution in [0.3, 0.4) is 0 Å². The summed E-state index contributed by atoms with van der Waals surface area (Å²) < 4.78 is 10.1. The molecule has 29 heavy (non-hydrogen) atoms. The maximum Gasteiger partial charge on any atom is 0.311 e. The first-order valence-corrected chi connectivity index (χ1v) is 9.49. The van der Waals surface area contributed by atoms with E-state index in [9.17, 15) is 14.4 Å². The zero-order valence-corrected chi connectivity index (χ0v) is 17.0. The van der Waals surface area contributed by atoms with E-state index in [0.29, 0.717) is 27.2 Å². The second kappa shape index (κ2) is 9.15. The van der Waals surface area contributed by atoms with E-state index in [0.717, 1.165) is 0 Å². The van der Waals surface area contributed by atoms with Crippen molar-refractivity contribution in [3.8, 4) is 5.75 Å². The van der Waals surface area contributed by atoms with Gasteiger partial charge in [-0.1, -0.05) is 23.2 Å². The number of carbonyl (C=O) groups excluding carboxylic acids is 3. The van der Waals surface area contributed by atoms with Crippen LogP contribution in [0.4, 0.5) is 11.4 Å². The summed E-state index contributed by atoms with van der Waals surface area (Å²) in [5, 5.41) is 3.40. The molecule has 0 bridgehead atoms. The predicted molar refractivity (Wildman–Crippen MR) is 110 cm³/mol. The maximum atomic E-state index is 12.3. The first kappa shape index (κ1) is 21.0. The first-order chi connectivity index (χ1) is 13.9. The highest BCUT2D eigenvalue weighted by atomic mass is 35.5. The fourth-order valence-electron chi connectivity index (χ4n) is 2.92. The molecule has 3 rings (SSSR count). The van der Waals surface area contributed by atoms with Gasteiger partial charge in [-0.3, -0.25) is 14.4 Å². The van der Waals surface area contributed by atoms with Crippen LogP contribution >= 0.6 is 23.2 Å². The largest absolute Gasteiger partial charge is 0.497 e. The van der Waals surface area contributed by atoms with Gasteiger partial charge in [0.15, 0.2) is 6.61 Å². The van der Waals surface area contributed by atoms with Gasteiger partial charge in [0.25, 0.3) is 5.91 Å². The molecule has 1 aliphatic rings. The molecule has 7 nitrogen and oxygen atoms in total. The average Bonchev–Trinajstić information content (AvgIpc) is 3.10. The summed E-state index contributed by atoms with van der Waals surface area (Å²) >= 11 is 12.1. The predicted octanol–water partition coefficient (Wildman–Crippen LogP) is 3.54. The summed E-state index contributed by atoms with van der Waals surface area (Å²) in [4.78, 5) is 38.0. The van der Waals surface area contributed by atoms with Crippen molar-refractivity contribution in [2.75, 3.05) is 30.5 Å². The molecule has 0 aromatic heterocycles. The Hall–Kier alpha value is -2.77. The zero-order valence-electron chi connectivity index (χ0n) is 15.5. The highest BCUT2D eigenvalue weighted by molar-refractivity contribution is 6.35. The van der Waals surface area contributed by atoms with Crippen LogP contribution in [0, 0.1) is 5.92 Å². The molecule has 0 unspecified atom stereocenters. The van der Waals surface area contributed by atoms with Crippen LogP contribution in [0.25, 0.3) is 0 Å². The number of rotatable bonds is 6. The molecule has 1 saturated heterocycles. The fraction of sp³-hybridized carbons (Fsp3) is 0.250. The van der Waals surface area contributed by atoms with E-state index in [2.05, 4.69) is 5.32 Å². The van der Waals surface area contributed by atoms with Crippen molar-refractivity contribution in [3.05, 3.63) is 52.5 Å². The zero-order chi connectivity index (χ0) is 21.0. The number of carbonyl (C=O) groups is 3. The summed E-state index contributed by atoms with van der Waals surface area (Å²) in [5.41, 5.74) is 0.987. The lowest BCUT2D eigenvalue weighted by molar-refractivity contribution is -0.151. The van der Waals surface area contributed by atoms with Crippen molar-refractivity contribution in [1.29, 1.82) is 0 Å². The number of amides is 2. The monoisotopic (exact) mass is 436 g/mol. The minimum Gasteiger partial charge on any atom is -0.497 e. The van der Waals surface area contributed by atoms with Crippen LogP contribution in [0.5, 0.6) is 5.75 Å². The second-order valence-corrected chi connectivity index (χ2v) is 7.23. The third-order valence-electron chi connectivity index (χ3n) is 4.38. The molecule has 0 radical (unpaired) electrons. The molecule has 2 aromatic rings. The maximum absolute atomic E-state index is 12.3. The average molecular weight is 437 g/mol. The Morgan fingerprint density at radius 1 is 1.17 bits per heavy atom. The third kappa shape index (κ3) is 5.19. The number of methoxy groups -OCH3 is 1. The molecule has 2 amide bonds. The second-order valence-electron chi connectivity index (χ2n) is 6.39. The molecule has 0 saturated carbocycles. The Kier molecular flexibility index (Phi) is 6.61. The van der Waals surface area contributed by atoms with Crippen molar-refractivity contribution >= 4 is 52.4 Å². The quantitative estimate of drug-likeness (QED) is 0.699. The first-order valence-electron chi connectivity index (χ1n) is 8.73. The molecule has 152 valence electrons. The topological polar surface area (TPSA) is 84.9 Å². The molecule has 1 heterocycles. The summed E-state index contributed by atoms with van der Waals surface area (Å²) in [6.45, 7) is -0.342. The normalized spacial score (nSPS) is 15.9. The Morgan fingerprint density at radius 2 is 1.90 bits per heavy atom. The number of hydrogen-bond acceptors (Lipinski definition) is 5. The molecule has 1 atom stereocenters. The molecular formula is C20H18Cl2N2O5. The molecule has 9 heteroatoms. The molecule has 1 N–H and O–H groups in total. The van der Waals surface area contributed by atoms with E-state index < -0.39 is 24.4 Å². The van der Waals surface area contributed by atoms with Crippen LogP contribution in [-0.4, -0.2) is 38.0 Å². The Labute approximate surface area is 177 Å². The Bertz CT molecular complexity index is 933. The van der Waals surface area contributed by atoms with E-state index in [1.165, 1.54) is 4.90 Å². The SMILES string of the molecule is COc1ccc(NC(=O)COC(=O)[C@@H]2CC(=O)N(c3cc(Cl)ccc3Cl)C2)cc1. The van der Waals surface area contributed by atoms with Gasteiger partial charge >= 0.3 is 5.97 Å². The number of hydrogen-bond donors (Lipinski definition) is 1. The minimum atomic E-state index is -0.689. The van der Waals surface area contributed by atoms with Crippen molar-refractivity contribution < 1.29 is 23.9 Å². The number of nitrogens with zero attached hydrogens (tertiary/aromatic N) is 1. The molecule has 1 aliphatic heterocycles. The smallest absolute Gasteiger partial charge is 0.311 e. The lowest BCUT2D eigenvalue weighted by Crippen LogP contribution is -2.28. The molecule has 1 fully saturated rings. The van der Waals surface area contributed by atoms with Gasteiger partial charge in [0.1, 0.15) is 5.75 Å². The summed E-state index contributed by atoms with van der Waals surface area (Å²) in [5.74, 6) is -1.40. The van der Waals surface area contributed by atoms with E-state index >= 15 is 0 Å². The van der Waals surface area contributed by atoms with Gasteiger partial charge in [-0.15, -0.1) is 0 Å². The third-order valence-corrected chi connectivity index (χ3v) is 4.93. The molecule has 0 aliphatic carbocycles. The minimum absolute atomic E-state index is 0.0260. The van der Waals surface area contributed by atoms with Gasteiger partial charge in [0, 0.05) is 23.7 Å². The van der Waals surface area contributed by atoms with Crippen LogP contribution in [-0.2, 0) is 19.1 Å². The summed E-state index contributed by atoms with van der Waals surface area (Å²) in [6.07, 6.45) is -0.0260. The molecule has 0 spiro atoms. The van der Waals surface area contributed by atoms with Crippen molar-refractivity contribution in [2.24, 2.45) is 5.92 Å². The van der Waals surface area contributed by atoms with Crippen LogP contribution in [0.2, 0.25) is 10.0 Å². The van der Waals surface area contributed by atoms with E-state index in [-0.39, 0.29) is 18.9 Å². The van der Waals surface area contributed by atoms with Crippen molar-refractivity contribution in [1.82, 2.24) is 0 Å². The van der Waals surface area contributed by atoms with Crippen LogP contribution in [0.15, 0.2) is 42.5 Å². The van der Waals surface area contributed by atoms with Gasteiger partial charge in [0.2, 0.25) is 5.91 Å². The lowest BCUT2D eigenvalue weighted by Gasteiger charge is -2.18. The number of esters is 1. The van der Waals surface area contributed by atoms with Crippen molar-refractivity contribution in [3.63, 3.8) is 0 Å². The van der Waals surface area contributed by atoms with E-state index in [1.54, 1.807) is 49.6 Å². The summed E-state index contributed by atoms with van der Waals surface area (Å²) in [7, 11) is 1.54. The van der Waals surface area contributed by atoms with Gasteiger partial charge < -0.3 is 19.7 Å². The number of benzene rings is 2. The van der Waals surface area contributed by atoms with Crippen LogP contribution < -0.4 is 15.0 Å². The number of anilines is 2. The fourth-order valence-corrected chi connectivity index (χ4v) is 3.30. The molecular weight excluding hydrogens is 419 g/mol. The highest BCUT2D eigenvalue weighted by Gasteiger charge is 2.37. The van der Waals surface area contributed by atoms with E-state index in [1.807, 2.05) is 0 Å². The Morgan fingerprint density at radius 3 is 2.59 bits per heavy atom. The van der Waals surface area contributed by atoms with Crippen molar-refractivity contribution in [2.45, 2.75) is 6.42 Å². The number of halogens is 2. The Balaban J connectivity index is 1.53. The highest BCUT2D eigenvalue weighted by Crippen LogP contribution is 2.33. The number of ether oxygens (including phenoxy) is 2.